The van der Waals surface area contributed by atoms with Crippen LogP contribution in [-0.2, 0) is 4.43 Å². The van der Waals surface area contributed by atoms with E-state index < -0.39 is 8.32 Å². The Balaban J connectivity index is 1.78. The third-order valence-corrected chi connectivity index (χ3v) is 17.7. The van der Waals surface area contributed by atoms with Gasteiger partial charge in [-0.2, -0.15) is 0 Å². The van der Waals surface area contributed by atoms with Gasteiger partial charge in [0.25, 0.3) is 0 Å². The molecule has 2 nitrogen and oxygen atoms in total. The van der Waals surface area contributed by atoms with Crippen LogP contribution in [0.15, 0.2) is 0 Å². The van der Waals surface area contributed by atoms with Crippen molar-refractivity contribution in [3.8, 4) is 0 Å². The molecule has 0 amide bonds. The van der Waals surface area contributed by atoms with E-state index in [0.717, 1.165) is 47.8 Å². The summed E-state index contributed by atoms with van der Waals surface area (Å²) in [6.45, 7) is 25.5. The number of aliphatic hydroxyl groups is 1. The van der Waals surface area contributed by atoms with Gasteiger partial charge in [0.1, 0.15) is 0 Å². The molecule has 11 atom stereocenters. The molecule has 0 bridgehead atoms. The fourth-order valence-electron chi connectivity index (χ4n) is 10.2. The zero-order chi connectivity index (χ0) is 26.0. The van der Waals surface area contributed by atoms with Gasteiger partial charge < -0.3 is 9.53 Å². The molecule has 4 aliphatic carbocycles. The van der Waals surface area contributed by atoms with Crippen molar-refractivity contribution in [1.82, 2.24) is 0 Å². The Hall–Kier alpha value is 0.137. The summed E-state index contributed by atoms with van der Waals surface area (Å²) in [5.41, 5.74) is 0.926. The second-order valence-corrected chi connectivity index (χ2v) is 20.7. The average molecular weight is 505 g/mol. The minimum atomic E-state index is -1.88. The normalized spacial score (nSPS) is 47.1. The molecule has 0 saturated heterocycles. The lowest BCUT2D eigenvalue weighted by atomic mass is 9.41. The predicted octanol–water partition coefficient (Wildman–Crippen LogP) is 8.94. The van der Waals surface area contributed by atoms with E-state index in [9.17, 15) is 5.11 Å². The summed E-state index contributed by atoms with van der Waals surface area (Å²) in [6, 6.07) is 0. The van der Waals surface area contributed by atoms with E-state index in [1.165, 1.54) is 51.4 Å². The second-order valence-electron chi connectivity index (χ2n) is 15.9. The fraction of sp³-hybridized carbons (Fsp3) is 1.00. The predicted molar refractivity (Wildman–Crippen MR) is 152 cm³/mol. The van der Waals surface area contributed by atoms with Crippen molar-refractivity contribution >= 4 is 8.32 Å². The first kappa shape index (κ1) is 28.2. The SMILES string of the molecule is CC[C@H]1C(O[Si](C)(C)C(C)(C)C)C2C(CC[C@@]3(C)C2CC[C@@H]3[C@H](C)CCO)[C@@]2(C)CC[C@@H](C)CC12. The van der Waals surface area contributed by atoms with Crippen LogP contribution in [0.1, 0.15) is 113 Å². The van der Waals surface area contributed by atoms with E-state index in [-0.39, 0.29) is 5.04 Å². The monoisotopic (exact) mass is 504 g/mol. The molecule has 0 spiro atoms. The molecule has 0 aromatic carbocycles. The number of hydrogen-bond donors (Lipinski definition) is 1. The van der Waals surface area contributed by atoms with Crippen LogP contribution in [0.4, 0.5) is 0 Å². The summed E-state index contributed by atoms with van der Waals surface area (Å²) < 4.78 is 7.64. The third-order valence-electron chi connectivity index (χ3n) is 13.2. The van der Waals surface area contributed by atoms with Crippen LogP contribution in [0.3, 0.4) is 0 Å². The summed E-state index contributed by atoms with van der Waals surface area (Å²) >= 11 is 0. The Bertz CT molecular complexity index is 742. The fourth-order valence-corrected chi connectivity index (χ4v) is 11.6. The van der Waals surface area contributed by atoms with Gasteiger partial charge in [0.05, 0.1) is 6.10 Å². The van der Waals surface area contributed by atoms with E-state index in [1.807, 2.05) is 0 Å². The van der Waals surface area contributed by atoms with Crippen LogP contribution in [-0.4, -0.2) is 26.1 Å². The molecule has 0 radical (unpaired) electrons. The van der Waals surface area contributed by atoms with Gasteiger partial charge >= 0.3 is 0 Å². The molecule has 0 aromatic rings. The van der Waals surface area contributed by atoms with Crippen LogP contribution in [0.25, 0.3) is 0 Å². The minimum absolute atomic E-state index is 0.257. The van der Waals surface area contributed by atoms with Crippen LogP contribution < -0.4 is 0 Å². The molecule has 5 unspecified atom stereocenters. The standard InChI is InChI=1S/C32H60O2Si/c1-11-23-27-20-21(2)14-17-32(27,8)26-15-18-31(7)24(22(3)16-19-33)12-13-25(31)28(26)29(23)34-35(9,10)30(4,5)6/h21-29,33H,11-20H2,1-10H3/t21-,22-,23-,24-,25?,26?,27?,28?,29?,31-,32-/m1/s1. The maximum atomic E-state index is 9.75. The lowest BCUT2D eigenvalue weighted by Gasteiger charge is -2.66. The van der Waals surface area contributed by atoms with Crippen LogP contribution in [0.2, 0.25) is 18.1 Å². The maximum absolute atomic E-state index is 9.75. The first-order valence-corrected chi connectivity index (χ1v) is 18.4. The van der Waals surface area contributed by atoms with Gasteiger partial charge in [0.15, 0.2) is 8.32 Å². The average Bonchev–Trinajstić information content (AvgIpc) is 3.11. The van der Waals surface area contributed by atoms with Crippen LogP contribution >= 0.6 is 0 Å². The smallest absolute Gasteiger partial charge is 0.192 e. The molecule has 1 N–H and O–H groups in total. The van der Waals surface area contributed by atoms with Gasteiger partial charge in [-0.3, -0.25) is 0 Å². The quantitative estimate of drug-likeness (QED) is 0.366. The van der Waals surface area contributed by atoms with E-state index in [0.29, 0.717) is 29.5 Å². The first-order chi connectivity index (χ1) is 16.2. The van der Waals surface area contributed by atoms with Crippen molar-refractivity contribution in [3.05, 3.63) is 0 Å². The number of hydrogen-bond acceptors (Lipinski definition) is 2. The topological polar surface area (TPSA) is 29.5 Å². The number of rotatable bonds is 6. The maximum Gasteiger partial charge on any atom is 0.192 e. The summed E-state index contributed by atoms with van der Waals surface area (Å²) in [4.78, 5) is 0. The lowest BCUT2D eigenvalue weighted by Crippen LogP contribution is -2.64. The van der Waals surface area contributed by atoms with Crippen molar-refractivity contribution in [1.29, 1.82) is 0 Å². The molecule has 0 aromatic heterocycles. The van der Waals surface area contributed by atoms with E-state index >= 15 is 0 Å². The van der Waals surface area contributed by atoms with Crippen LogP contribution in [0.5, 0.6) is 0 Å². The molecular weight excluding hydrogens is 444 g/mol. The Labute approximate surface area is 219 Å². The Kier molecular flexibility index (Phi) is 7.81. The van der Waals surface area contributed by atoms with E-state index in [4.69, 9.17) is 4.43 Å². The molecule has 3 heteroatoms. The zero-order valence-electron chi connectivity index (χ0n) is 25.1. The lowest BCUT2D eigenvalue weighted by molar-refractivity contribution is -0.194. The Morgan fingerprint density at radius 3 is 2.20 bits per heavy atom. The highest BCUT2D eigenvalue weighted by Gasteiger charge is 2.65. The molecule has 4 saturated carbocycles. The van der Waals surface area contributed by atoms with E-state index in [2.05, 4.69) is 68.5 Å². The van der Waals surface area contributed by atoms with Gasteiger partial charge in [0.2, 0.25) is 0 Å². The van der Waals surface area contributed by atoms with Gasteiger partial charge in [0, 0.05) is 6.61 Å². The summed E-state index contributed by atoms with van der Waals surface area (Å²) in [6.07, 6.45) is 12.6. The molecule has 0 aliphatic heterocycles. The van der Waals surface area contributed by atoms with Crippen molar-refractivity contribution in [2.75, 3.05) is 6.61 Å². The Morgan fingerprint density at radius 2 is 1.60 bits per heavy atom. The van der Waals surface area contributed by atoms with Crippen molar-refractivity contribution in [2.24, 2.45) is 58.2 Å². The summed E-state index contributed by atoms with van der Waals surface area (Å²) in [5.74, 6) is 6.19. The highest BCUT2D eigenvalue weighted by atomic mass is 28.4. The number of aliphatic hydroxyl groups excluding tert-OH is 1. The largest absolute Gasteiger partial charge is 0.413 e. The minimum Gasteiger partial charge on any atom is -0.413 e. The summed E-state index contributed by atoms with van der Waals surface area (Å²) in [7, 11) is -1.88. The van der Waals surface area contributed by atoms with E-state index in [1.54, 1.807) is 0 Å². The Morgan fingerprint density at radius 1 is 0.971 bits per heavy atom. The van der Waals surface area contributed by atoms with Gasteiger partial charge in [-0.25, -0.2) is 0 Å². The zero-order valence-corrected chi connectivity index (χ0v) is 26.1. The molecule has 4 aliphatic rings. The van der Waals surface area contributed by atoms with Crippen molar-refractivity contribution < 1.29 is 9.53 Å². The van der Waals surface area contributed by atoms with Crippen molar-refractivity contribution in [3.63, 3.8) is 0 Å². The van der Waals surface area contributed by atoms with Gasteiger partial charge in [-0.15, -0.1) is 0 Å². The molecular formula is C32H60O2Si. The molecule has 35 heavy (non-hydrogen) atoms. The molecule has 4 rings (SSSR count). The first-order valence-electron chi connectivity index (χ1n) is 15.5. The molecule has 0 heterocycles. The highest BCUT2D eigenvalue weighted by molar-refractivity contribution is 6.74. The van der Waals surface area contributed by atoms with Gasteiger partial charge in [-0.1, -0.05) is 68.2 Å². The second kappa shape index (κ2) is 9.71. The van der Waals surface area contributed by atoms with Gasteiger partial charge in [-0.05, 0) is 121 Å². The third kappa shape index (κ3) is 4.54. The summed E-state index contributed by atoms with van der Waals surface area (Å²) in [5, 5.41) is 10.0. The molecule has 4 fully saturated rings. The number of fused-ring (bicyclic) bond motifs is 5. The molecule has 204 valence electrons. The van der Waals surface area contributed by atoms with Crippen LogP contribution in [0, 0.1) is 58.2 Å². The highest BCUT2D eigenvalue weighted by Crippen LogP contribution is 2.70. The van der Waals surface area contributed by atoms with Crippen molar-refractivity contribution in [2.45, 2.75) is 137 Å².